The zero-order valence-electron chi connectivity index (χ0n) is 17.3. The van der Waals surface area contributed by atoms with Gasteiger partial charge in [-0.1, -0.05) is 13.8 Å². The number of sulfonamides is 1. The summed E-state index contributed by atoms with van der Waals surface area (Å²) in [6, 6.07) is 9.52. The molecule has 2 N–H and O–H groups in total. The van der Waals surface area contributed by atoms with Crippen LogP contribution >= 0.6 is 0 Å². The zero-order chi connectivity index (χ0) is 21.6. The molecule has 1 unspecified atom stereocenters. The molecular weight excluding hydrogens is 406 g/mol. The molecule has 1 fully saturated rings. The van der Waals surface area contributed by atoms with Crippen molar-refractivity contribution >= 4 is 15.9 Å². The number of rotatable bonds is 9. The normalized spacial score (nSPS) is 16.5. The maximum absolute atomic E-state index is 12.6. The lowest BCUT2D eigenvalue weighted by atomic mass is 10.0. The fourth-order valence-corrected chi connectivity index (χ4v) is 4.44. The Morgan fingerprint density at radius 3 is 2.43 bits per heavy atom. The summed E-state index contributed by atoms with van der Waals surface area (Å²) in [5.74, 6) is 0.687. The standard InChI is InChI=1S/C21H29N3O5S/c1-16(2)20(24-9-12-28-13-10-24)15-22-21(25)17-5-7-19(8-6-17)30(26,27)23-14-18-4-3-11-29-18/h3-8,11,16,20,23H,9-10,12-15H2,1-2H3,(H,22,25). The highest BCUT2D eigenvalue weighted by molar-refractivity contribution is 7.89. The highest BCUT2D eigenvalue weighted by Gasteiger charge is 2.24. The lowest BCUT2D eigenvalue weighted by Gasteiger charge is -2.36. The van der Waals surface area contributed by atoms with Crippen LogP contribution in [0.4, 0.5) is 0 Å². The third-order valence-corrected chi connectivity index (χ3v) is 6.62. The van der Waals surface area contributed by atoms with Gasteiger partial charge in [0.1, 0.15) is 5.76 Å². The third kappa shape index (κ3) is 5.91. The Bertz CT molecular complexity index is 905. The molecule has 1 aliphatic heterocycles. The fourth-order valence-electron chi connectivity index (χ4n) is 3.44. The van der Waals surface area contributed by atoms with E-state index in [1.165, 1.54) is 30.5 Å². The maximum Gasteiger partial charge on any atom is 0.251 e. The molecule has 0 bridgehead atoms. The van der Waals surface area contributed by atoms with E-state index in [9.17, 15) is 13.2 Å². The van der Waals surface area contributed by atoms with Gasteiger partial charge in [-0.2, -0.15) is 0 Å². The number of benzene rings is 1. The van der Waals surface area contributed by atoms with Crippen LogP contribution in [0.2, 0.25) is 0 Å². The molecule has 9 heteroatoms. The Kier molecular flexibility index (Phi) is 7.65. The molecule has 1 saturated heterocycles. The number of amides is 1. The van der Waals surface area contributed by atoms with Gasteiger partial charge >= 0.3 is 0 Å². The third-order valence-electron chi connectivity index (χ3n) is 5.20. The number of hydrogen-bond acceptors (Lipinski definition) is 6. The summed E-state index contributed by atoms with van der Waals surface area (Å²) in [6.07, 6.45) is 1.49. The summed E-state index contributed by atoms with van der Waals surface area (Å²) >= 11 is 0. The van der Waals surface area contributed by atoms with Crippen LogP contribution in [0.1, 0.15) is 30.0 Å². The van der Waals surface area contributed by atoms with Crippen LogP contribution in [0.3, 0.4) is 0 Å². The Hall–Kier alpha value is -2.20. The van der Waals surface area contributed by atoms with Crippen molar-refractivity contribution < 1.29 is 22.4 Å². The number of furan rings is 1. The lowest BCUT2D eigenvalue weighted by Crippen LogP contribution is -2.51. The van der Waals surface area contributed by atoms with E-state index in [0.717, 1.165) is 13.1 Å². The van der Waals surface area contributed by atoms with E-state index >= 15 is 0 Å². The summed E-state index contributed by atoms with van der Waals surface area (Å²) < 4.78 is 37.8. The van der Waals surface area contributed by atoms with Crippen LogP contribution in [0.25, 0.3) is 0 Å². The predicted octanol–water partition coefficient (Wildman–Crippen LogP) is 1.84. The summed E-state index contributed by atoms with van der Waals surface area (Å²) in [5, 5.41) is 2.98. The number of hydrogen-bond donors (Lipinski definition) is 2. The van der Waals surface area contributed by atoms with Gasteiger partial charge in [0.2, 0.25) is 10.0 Å². The van der Waals surface area contributed by atoms with Gasteiger partial charge in [0.15, 0.2) is 0 Å². The molecule has 2 aromatic rings. The maximum atomic E-state index is 12.6. The minimum Gasteiger partial charge on any atom is -0.468 e. The molecule has 1 amide bonds. The Morgan fingerprint density at radius 2 is 1.83 bits per heavy atom. The molecule has 1 atom stereocenters. The first-order valence-electron chi connectivity index (χ1n) is 10.1. The molecule has 0 radical (unpaired) electrons. The van der Waals surface area contributed by atoms with Crippen molar-refractivity contribution in [1.82, 2.24) is 14.9 Å². The van der Waals surface area contributed by atoms with Gasteiger partial charge in [-0.3, -0.25) is 9.69 Å². The van der Waals surface area contributed by atoms with Crippen molar-refractivity contribution in [3.8, 4) is 0 Å². The van der Waals surface area contributed by atoms with Gasteiger partial charge < -0.3 is 14.5 Å². The summed E-state index contributed by atoms with van der Waals surface area (Å²) in [5.41, 5.74) is 0.421. The minimum absolute atomic E-state index is 0.0652. The van der Waals surface area contributed by atoms with E-state index in [-0.39, 0.29) is 23.4 Å². The van der Waals surface area contributed by atoms with E-state index in [2.05, 4.69) is 28.8 Å². The number of ether oxygens (including phenoxy) is 1. The van der Waals surface area contributed by atoms with E-state index < -0.39 is 10.0 Å². The van der Waals surface area contributed by atoms with Gasteiger partial charge in [0.25, 0.3) is 5.91 Å². The predicted molar refractivity (Wildman–Crippen MR) is 113 cm³/mol. The van der Waals surface area contributed by atoms with Crippen molar-refractivity contribution in [3.05, 3.63) is 54.0 Å². The Labute approximate surface area is 177 Å². The van der Waals surface area contributed by atoms with Crippen LogP contribution in [0.15, 0.2) is 52.0 Å². The summed E-state index contributed by atoms with van der Waals surface area (Å²) in [6.45, 7) is 8.01. The zero-order valence-corrected chi connectivity index (χ0v) is 18.2. The topological polar surface area (TPSA) is 101 Å². The number of morpholine rings is 1. The molecule has 30 heavy (non-hydrogen) atoms. The molecule has 3 rings (SSSR count). The molecule has 8 nitrogen and oxygen atoms in total. The molecule has 2 heterocycles. The summed E-state index contributed by atoms with van der Waals surface area (Å²) in [4.78, 5) is 15.0. The van der Waals surface area contributed by atoms with Gasteiger partial charge in [0.05, 0.1) is 30.9 Å². The number of carbonyl (C=O) groups excluding carboxylic acids is 1. The quantitative estimate of drug-likeness (QED) is 0.623. The second-order valence-corrected chi connectivity index (χ2v) is 9.36. The molecule has 1 aromatic heterocycles. The van der Waals surface area contributed by atoms with Crippen LogP contribution in [-0.4, -0.2) is 58.1 Å². The van der Waals surface area contributed by atoms with Crippen molar-refractivity contribution in [1.29, 1.82) is 0 Å². The summed E-state index contributed by atoms with van der Waals surface area (Å²) in [7, 11) is -3.69. The largest absolute Gasteiger partial charge is 0.468 e. The highest BCUT2D eigenvalue weighted by Crippen LogP contribution is 2.14. The van der Waals surface area contributed by atoms with Gasteiger partial charge in [-0.15, -0.1) is 0 Å². The second kappa shape index (κ2) is 10.2. The average Bonchev–Trinajstić information content (AvgIpc) is 3.27. The molecule has 164 valence electrons. The van der Waals surface area contributed by atoms with Crippen LogP contribution < -0.4 is 10.0 Å². The molecule has 0 aliphatic carbocycles. The van der Waals surface area contributed by atoms with Crippen LogP contribution in [0, 0.1) is 5.92 Å². The second-order valence-electron chi connectivity index (χ2n) is 7.60. The average molecular weight is 436 g/mol. The highest BCUT2D eigenvalue weighted by atomic mass is 32.2. The van der Waals surface area contributed by atoms with Crippen molar-refractivity contribution in [2.75, 3.05) is 32.8 Å². The van der Waals surface area contributed by atoms with Crippen LogP contribution in [0.5, 0.6) is 0 Å². The SMILES string of the molecule is CC(C)C(CNC(=O)c1ccc(S(=O)(=O)NCc2ccco2)cc1)N1CCOCC1. The molecular formula is C21H29N3O5S. The molecule has 0 saturated carbocycles. The Balaban J connectivity index is 1.57. The van der Waals surface area contributed by atoms with E-state index in [4.69, 9.17) is 9.15 Å². The fraction of sp³-hybridized carbons (Fsp3) is 0.476. The molecule has 0 spiro atoms. The van der Waals surface area contributed by atoms with E-state index in [0.29, 0.717) is 37.0 Å². The van der Waals surface area contributed by atoms with Gasteiger partial charge in [-0.05, 0) is 42.3 Å². The molecule has 1 aliphatic rings. The van der Waals surface area contributed by atoms with Gasteiger partial charge in [-0.25, -0.2) is 13.1 Å². The smallest absolute Gasteiger partial charge is 0.251 e. The first kappa shape index (κ1) is 22.5. The number of nitrogens with one attached hydrogen (secondary N) is 2. The van der Waals surface area contributed by atoms with E-state index in [1.807, 2.05) is 0 Å². The Morgan fingerprint density at radius 1 is 1.13 bits per heavy atom. The monoisotopic (exact) mass is 435 g/mol. The number of carbonyl (C=O) groups is 1. The van der Waals surface area contributed by atoms with Crippen molar-refractivity contribution in [2.24, 2.45) is 5.92 Å². The van der Waals surface area contributed by atoms with Crippen LogP contribution in [-0.2, 0) is 21.3 Å². The number of nitrogens with zero attached hydrogens (tertiary/aromatic N) is 1. The minimum atomic E-state index is -3.69. The first-order valence-corrected chi connectivity index (χ1v) is 11.6. The molecule has 1 aromatic carbocycles. The lowest BCUT2D eigenvalue weighted by molar-refractivity contribution is 0.00672. The first-order chi connectivity index (χ1) is 14.4. The van der Waals surface area contributed by atoms with Crippen molar-refractivity contribution in [2.45, 2.75) is 31.3 Å². The van der Waals surface area contributed by atoms with E-state index in [1.54, 1.807) is 12.1 Å². The van der Waals surface area contributed by atoms with Gasteiger partial charge in [0, 0.05) is 31.2 Å². The van der Waals surface area contributed by atoms with Crippen molar-refractivity contribution in [3.63, 3.8) is 0 Å².